The molecule has 1 aliphatic rings. The highest BCUT2D eigenvalue weighted by Gasteiger charge is 2.25. The highest BCUT2D eigenvalue weighted by Crippen LogP contribution is 2.30. The molecule has 0 spiro atoms. The van der Waals surface area contributed by atoms with Crippen molar-refractivity contribution < 1.29 is 13.2 Å². The maximum absolute atomic E-state index is 13.3. The minimum atomic E-state index is -3.20. The van der Waals surface area contributed by atoms with Crippen LogP contribution in [0.1, 0.15) is 58.7 Å². The molecule has 1 atom stereocenters. The summed E-state index contributed by atoms with van der Waals surface area (Å²) in [5.74, 6) is 0.822. The Morgan fingerprint density at radius 3 is 2.65 bits per heavy atom. The summed E-state index contributed by atoms with van der Waals surface area (Å²) >= 11 is 0. The summed E-state index contributed by atoms with van der Waals surface area (Å²) in [6, 6.07) is 9.17. The number of anilines is 2. The van der Waals surface area contributed by atoms with E-state index in [9.17, 15) is 18.5 Å². The molecule has 0 saturated carbocycles. The van der Waals surface area contributed by atoms with Gasteiger partial charge in [0.15, 0.2) is 5.82 Å². The van der Waals surface area contributed by atoms with Gasteiger partial charge in [0.05, 0.1) is 23.5 Å². The molecule has 3 aromatic heterocycles. The van der Waals surface area contributed by atoms with Crippen LogP contribution in [0.15, 0.2) is 36.8 Å². The van der Waals surface area contributed by atoms with Crippen LogP contribution in [0.2, 0.25) is 0 Å². The molecule has 0 unspecified atom stereocenters. The maximum atomic E-state index is 13.3. The van der Waals surface area contributed by atoms with Crippen molar-refractivity contribution in [1.82, 2.24) is 34.2 Å². The van der Waals surface area contributed by atoms with Crippen molar-refractivity contribution in [1.29, 1.82) is 5.26 Å². The van der Waals surface area contributed by atoms with Crippen LogP contribution >= 0.6 is 0 Å². The summed E-state index contributed by atoms with van der Waals surface area (Å²) in [4.78, 5) is 26.3. The summed E-state index contributed by atoms with van der Waals surface area (Å²) in [7, 11) is -3.20. The predicted molar refractivity (Wildman–Crippen MR) is 163 cm³/mol. The molecular formula is C29H34N10O3S. The number of nitrogens with zero attached hydrogens (tertiary/aromatic N) is 7. The van der Waals surface area contributed by atoms with Crippen LogP contribution < -0.4 is 16.4 Å². The average Bonchev–Trinajstić information content (AvgIpc) is 3.35. The predicted octanol–water partition coefficient (Wildman–Crippen LogP) is 2.83. The molecule has 0 radical (unpaired) electrons. The van der Waals surface area contributed by atoms with E-state index in [4.69, 9.17) is 15.8 Å². The van der Waals surface area contributed by atoms with Crippen LogP contribution in [0.5, 0.6) is 0 Å². The van der Waals surface area contributed by atoms with Gasteiger partial charge in [0.1, 0.15) is 29.6 Å². The Hall–Kier alpha value is -4.61. The number of rotatable bonds is 8. The first-order chi connectivity index (χ1) is 20.4. The molecule has 1 saturated heterocycles. The minimum Gasteiger partial charge on any atom is -0.382 e. The Balaban J connectivity index is 1.41. The van der Waals surface area contributed by atoms with Gasteiger partial charge in [-0.15, -0.1) is 0 Å². The second-order valence-corrected chi connectivity index (χ2v) is 13.0. The summed E-state index contributed by atoms with van der Waals surface area (Å²) in [5.41, 5.74) is 10.6. The molecule has 4 N–H and O–H groups in total. The molecule has 0 aliphatic carbocycles. The van der Waals surface area contributed by atoms with Gasteiger partial charge in [0.25, 0.3) is 5.91 Å². The number of hydrogen-bond donors (Lipinski definition) is 3. The standard InChI is InChI=1S/C29H34N10O3S/c1-17-11-21(13-22(12-17)29(40)32-15-20-6-8-38(9-7-20)43(4,41)42)24-25-18(2)5-10-39(25)37-27(36-24)19(3)35-28-23(14-30)26(31)33-16-34-28/h5,10-13,16,19-20H,6-9,15H2,1-4H3,(H,32,40)(H3,31,33,34,35)/t19-/m0/s1. The zero-order chi connectivity index (χ0) is 30.9. The Morgan fingerprint density at radius 1 is 1.21 bits per heavy atom. The van der Waals surface area contributed by atoms with E-state index in [1.807, 2.05) is 57.3 Å². The highest BCUT2D eigenvalue weighted by molar-refractivity contribution is 7.88. The van der Waals surface area contributed by atoms with E-state index in [0.29, 0.717) is 49.6 Å². The molecule has 0 bridgehead atoms. The Labute approximate surface area is 250 Å². The third kappa shape index (κ3) is 6.42. The molecule has 43 heavy (non-hydrogen) atoms. The number of benzene rings is 1. The van der Waals surface area contributed by atoms with E-state index in [-0.39, 0.29) is 29.0 Å². The van der Waals surface area contributed by atoms with Gasteiger partial charge in [-0.3, -0.25) is 4.79 Å². The van der Waals surface area contributed by atoms with E-state index >= 15 is 0 Å². The molecule has 13 nitrogen and oxygen atoms in total. The number of hydrogen-bond acceptors (Lipinski definition) is 10. The fourth-order valence-electron chi connectivity index (χ4n) is 5.30. The van der Waals surface area contributed by atoms with Crippen molar-refractivity contribution in [3.63, 3.8) is 0 Å². The number of fused-ring (bicyclic) bond motifs is 1. The third-order valence-electron chi connectivity index (χ3n) is 7.66. The Kier molecular flexibility index (Phi) is 8.30. The molecule has 1 fully saturated rings. The molecule has 5 rings (SSSR count). The quantitative estimate of drug-likeness (QED) is 0.271. The average molecular weight is 603 g/mol. The second kappa shape index (κ2) is 11.9. The van der Waals surface area contributed by atoms with Gasteiger partial charge in [-0.2, -0.15) is 10.4 Å². The van der Waals surface area contributed by atoms with E-state index in [1.54, 1.807) is 4.52 Å². The van der Waals surface area contributed by atoms with Gasteiger partial charge in [0.2, 0.25) is 10.0 Å². The molecule has 14 heteroatoms. The number of aryl methyl sites for hydroxylation is 2. The topological polar surface area (TPSA) is 184 Å². The van der Waals surface area contributed by atoms with Gasteiger partial charge >= 0.3 is 0 Å². The minimum absolute atomic E-state index is 0.0789. The fourth-order valence-corrected chi connectivity index (χ4v) is 6.18. The lowest BCUT2D eigenvalue weighted by molar-refractivity contribution is 0.0941. The van der Waals surface area contributed by atoms with Crippen LogP contribution in [0.25, 0.3) is 16.8 Å². The van der Waals surface area contributed by atoms with E-state index in [1.165, 1.54) is 16.9 Å². The van der Waals surface area contributed by atoms with Crippen LogP contribution in [0.3, 0.4) is 0 Å². The van der Waals surface area contributed by atoms with Crippen molar-refractivity contribution in [3.05, 3.63) is 64.9 Å². The summed E-state index contributed by atoms with van der Waals surface area (Å²) in [6.45, 7) is 7.17. The fraction of sp³-hybridized carbons (Fsp3) is 0.379. The lowest BCUT2D eigenvalue weighted by Gasteiger charge is -2.30. The maximum Gasteiger partial charge on any atom is 0.251 e. The number of carbonyl (C=O) groups is 1. The summed E-state index contributed by atoms with van der Waals surface area (Å²) in [6.07, 6.45) is 5.77. The van der Waals surface area contributed by atoms with Gasteiger partial charge in [-0.25, -0.2) is 32.2 Å². The van der Waals surface area contributed by atoms with Gasteiger partial charge in [0, 0.05) is 37.0 Å². The largest absolute Gasteiger partial charge is 0.382 e. The number of nitrogens with two attached hydrogens (primary N) is 1. The van der Waals surface area contributed by atoms with Gasteiger partial charge in [-0.05, 0) is 74.9 Å². The number of nitrogen functional groups attached to an aromatic ring is 1. The van der Waals surface area contributed by atoms with Crippen LogP contribution in [0.4, 0.5) is 11.6 Å². The highest BCUT2D eigenvalue weighted by atomic mass is 32.2. The summed E-state index contributed by atoms with van der Waals surface area (Å²) in [5, 5.41) is 20.4. The number of amides is 1. The van der Waals surface area contributed by atoms with Crippen LogP contribution in [-0.2, 0) is 10.0 Å². The van der Waals surface area contributed by atoms with Crippen molar-refractivity contribution in [2.24, 2.45) is 5.92 Å². The number of carbonyl (C=O) groups excluding carboxylic acids is 1. The van der Waals surface area contributed by atoms with Crippen molar-refractivity contribution in [3.8, 4) is 17.3 Å². The first kappa shape index (κ1) is 29.9. The monoisotopic (exact) mass is 602 g/mol. The lowest BCUT2D eigenvalue weighted by Crippen LogP contribution is -2.41. The molecule has 4 heterocycles. The smallest absolute Gasteiger partial charge is 0.251 e. The van der Waals surface area contributed by atoms with Gasteiger partial charge in [-0.1, -0.05) is 0 Å². The Bertz CT molecular complexity index is 1840. The molecule has 1 amide bonds. The number of aromatic nitrogens is 5. The molecule has 224 valence electrons. The zero-order valence-electron chi connectivity index (χ0n) is 24.5. The second-order valence-electron chi connectivity index (χ2n) is 11.0. The third-order valence-corrected chi connectivity index (χ3v) is 8.97. The van der Waals surface area contributed by atoms with Gasteiger partial charge < -0.3 is 16.4 Å². The number of sulfonamides is 1. The number of nitrogens with one attached hydrogen (secondary N) is 2. The van der Waals surface area contributed by atoms with E-state index in [2.05, 4.69) is 20.6 Å². The van der Waals surface area contributed by atoms with Crippen molar-refractivity contribution >= 4 is 33.1 Å². The molecule has 1 aliphatic heterocycles. The van der Waals surface area contributed by atoms with Crippen LogP contribution in [-0.4, -0.2) is 69.1 Å². The van der Waals surface area contributed by atoms with E-state index < -0.39 is 16.1 Å². The van der Waals surface area contributed by atoms with Crippen molar-refractivity contribution in [2.75, 3.05) is 36.9 Å². The molecular weight excluding hydrogens is 568 g/mol. The normalized spacial score (nSPS) is 15.2. The lowest BCUT2D eigenvalue weighted by atomic mass is 9.97. The Morgan fingerprint density at radius 2 is 1.95 bits per heavy atom. The number of nitriles is 1. The first-order valence-corrected chi connectivity index (χ1v) is 15.8. The summed E-state index contributed by atoms with van der Waals surface area (Å²) < 4.78 is 26.9. The first-order valence-electron chi connectivity index (χ1n) is 13.9. The van der Waals surface area contributed by atoms with Crippen molar-refractivity contribution in [2.45, 2.75) is 39.7 Å². The van der Waals surface area contributed by atoms with Crippen LogP contribution in [0, 0.1) is 31.1 Å². The molecule has 4 aromatic rings. The molecule has 1 aromatic carbocycles. The zero-order valence-corrected chi connectivity index (χ0v) is 25.3. The number of piperidine rings is 1. The van der Waals surface area contributed by atoms with E-state index in [0.717, 1.165) is 22.2 Å². The SMILES string of the molecule is Cc1cc(C(=O)NCC2CCN(S(C)(=O)=O)CC2)cc(-c2nc([C@H](C)Nc3ncnc(N)c3C#N)nn3ccc(C)c23)c1.